The Morgan fingerprint density at radius 3 is 2.74 bits per heavy atom. The third-order valence-electron chi connectivity index (χ3n) is 4.73. The van der Waals surface area contributed by atoms with Gasteiger partial charge in [-0.05, 0) is 58.4 Å². The molecule has 1 saturated carbocycles. The fourth-order valence-electron chi connectivity index (χ4n) is 3.87. The van der Waals surface area contributed by atoms with Crippen molar-refractivity contribution in [3.63, 3.8) is 0 Å². The number of carbonyl (C=O) groups excluding carboxylic acids is 1. The van der Waals surface area contributed by atoms with Crippen molar-refractivity contribution in [2.45, 2.75) is 70.5 Å². The van der Waals surface area contributed by atoms with Crippen LogP contribution in [0.2, 0.25) is 0 Å². The molecule has 19 heavy (non-hydrogen) atoms. The maximum absolute atomic E-state index is 11.9. The number of hydrogen-bond donors (Lipinski definition) is 2. The molecule has 2 rings (SSSR count). The number of nitrogens with zero attached hydrogens (tertiary/aromatic N) is 1. The first-order valence-corrected chi connectivity index (χ1v) is 7.74. The second kappa shape index (κ2) is 5.80. The van der Waals surface area contributed by atoms with Crippen LogP contribution in [0.25, 0.3) is 0 Å². The molecule has 0 radical (unpaired) electrons. The Hall–Kier alpha value is -0.610. The molecule has 1 aliphatic heterocycles. The highest BCUT2D eigenvalue weighted by molar-refractivity contribution is 5.85. The zero-order valence-electron chi connectivity index (χ0n) is 12.6. The summed E-state index contributed by atoms with van der Waals surface area (Å²) in [5, 5.41) is 3.43. The van der Waals surface area contributed by atoms with Crippen molar-refractivity contribution in [2.75, 3.05) is 13.1 Å². The average Bonchev–Trinajstić information content (AvgIpc) is 2.74. The molecular formula is C15H29N3O. The number of amides is 1. The number of rotatable bonds is 4. The summed E-state index contributed by atoms with van der Waals surface area (Å²) in [6.45, 7) is 8.86. The quantitative estimate of drug-likeness (QED) is 0.811. The van der Waals surface area contributed by atoms with Crippen molar-refractivity contribution in [3.8, 4) is 0 Å². The van der Waals surface area contributed by atoms with Gasteiger partial charge in [0.15, 0.2) is 0 Å². The molecule has 1 saturated heterocycles. The fourth-order valence-corrected chi connectivity index (χ4v) is 3.87. The minimum atomic E-state index is -0.473. The molecule has 0 aromatic rings. The van der Waals surface area contributed by atoms with Crippen LogP contribution in [-0.2, 0) is 4.79 Å². The monoisotopic (exact) mass is 267 g/mol. The second-order valence-electron chi connectivity index (χ2n) is 6.88. The number of nitrogens with two attached hydrogens (primary N) is 1. The average molecular weight is 267 g/mol. The largest absolute Gasteiger partial charge is 0.368 e. The third kappa shape index (κ3) is 3.29. The predicted molar refractivity (Wildman–Crippen MR) is 77.8 cm³/mol. The first kappa shape index (κ1) is 14.8. The van der Waals surface area contributed by atoms with Gasteiger partial charge in [-0.25, -0.2) is 0 Å². The van der Waals surface area contributed by atoms with Crippen molar-refractivity contribution in [3.05, 3.63) is 0 Å². The SMILES string of the molecule is CC1CCCN(C2CCC(NC(C)C)(C(N)=O)C2)C1. The molecule has 0 aromatic carbocycles. The van der Waals surface area contributed by atoms with E-state index in [1.54, 1.807) is 0 Å². The van der Waals surface area contributed by atoms with Crippen molar-refractivity contribution < 1.29 is 4.79 Å². The summed E-state index contributed by atoms with van der Waals surface area (Å²) < 4.78 is 0. The van der Waals surface area contributed by atoms with E-state index in [9.17, 15) is 4.79 Å². The molecule has 3 unspecified atom stereocenters. The van der Waals surface area contributed by atoms with Crippen LogP contribution in [0, 0.1) is 5.92 Å². The van der Waals surface area contributed by atoms with Gasteiger partial charge in [-0.15, -0.1) is 0 Å². The van der Waals surface area contributed by atoms with E-state index in [0.29, 0.717) is 12.1 Å². The maximum atomic E-state index is 11.9. The highest BCUT2D eigenvalue weighted by Gasteiger charge is 2.46. The minimum absolute atomic E-state index is 0.172. The molecule has 4 nitrogen and oxygen atoms in total. The number of nitrogens with one attached hydrogen (secondary N) is 1. The third-order valence-corrected chi connectivity index (χ3v) is 4.73. The summed E-state index contributed by atoms with van der Waals surface area (Å²) in [7, 11) is 0. The molecule has 0 aromatic heterocycles. The van der Waals surface area contributed by atoms with Crippen molar-refractivity contribution in [1.82, 2.24) is 10.2 Å². The maximum Gasteiger partial charge on any atom is 0.237 e. The lowest BCUT2D eigenvalue weighted by Crippen LogP contribution is -2.57. The van der Waals surface area contributed by atoms with Crippen molar-refractivity contribution >= 4 is 5.91 Å². The Balaban J connectivity index is 2.01. The smallest absolute Gasteiger partial charge is 0.237 e. The Morgan fingerprint density at radius 2 is 2.16 bits per heavy atom. The molecule has 3 N–H and O–H groups in total. The number of piperidine rings is 1. The van der Waals surface area contributed by atoms with E-state index in [1.165, 1.54) is 25.9 Å². The second-order valence-corrected chi connectivity index (χ2v) is 6.88. The number of hydrogen-bond acceptors (Lipinski definition) is 3. The van der Waals surface area contributed by atoms with Crippen LogP contribution in [-0.4, -0.2) is 41.5 Å². The first-order chi connectivity index (χ1) is 8.93. The summed E-state index contributed by atoms with van der Waals surface area (Å²) in [5.74, 6) is 0.615. The van der Waals surface area contributed by atoms with Gasteiger partial charge in [-0.2, -0.15) is 0 Å². The zero-order chi connectivity index (χ0) is 14.0. The number of primary amides is 1. The van der Waals surface area contributed by atoms with Crippen LogP contribution in [0.1, 0.15) is 52.9 Å². The van der Waals surface area contributed by atoms with Crippen LogP contribution in [0.3, 0.4) is 0 Å². The van der Waals surface area contributed by atoms with Crippen LogP contribution < -0.4 is 11.1 Å². The summed E-state index contributed by atoms with van der Waals surface area (Å²) in [5.41, 5.74) is 5.21. The summed E-state index contributed by atoms with van der Waals surface area (Å²) in [4.78, 5) is 14.5. The highest BCUT2D eigenvalue weighted by atomic mass is 16.1. The number of likely N-dealkylation sites (tertiary alicyclic amines) is 1. The molecule has 1 amide bonds. The lowest BCUT2D eigenvalue weighted by atomic mass is 9.94. The first-order valence-electron chi connectivity index (χ1n) is 7.74. The minimum Gasteiger partial charge on any atom is -0.368 e. The van der Waals surface area contributed by atoms with Crippen LogP contribution >= 0.6 is 0 Å². The molecule has 2 fully saturated rings. The van der Waals surface area contributed by atoms with E-state index < -0.39 is 5.54 Å². The topological polar surface area (TPSA) is 58.4 Å². The van der Waals surface area contributed by atoms with Crippen LogP contribution in [0.5, 0.6) is 0 Å². The normalized spacial score (nSPS) is 36.8. The van der Waals surface area contributed by atoms with E-state index in [4.69, 9.17) is 5.73 Å². The number of carbonyl (C=O) groups is 1. The lowest BCUT2D eigenvalue weighted by Gasteiger charge is -2.37. The summed E-state index contributed by atoms with van der Waals surface area (Å²) in [6.07, 6.45) is 5.49. The molecular weight excluding hydrogens is 238 g/mol. The highest BCUT2D eigenvalue weighted by Crippen LogP contribution is 2.35. The molecule has 1 aliphatic carbocycles. The van der Waals surface area contributed by atoms with Gasteiger partial charge in [-0.3, -0.25) is 4.79 Å². The van der Waals surface area contributed by atoms with Crippen molar-refractivity contribution in [1.29, 1.82) is 0 Å². The molecule has 4 heteroatoms. The Kier molecular flexibility index (Phi) is 4.51. The van der Waals surface area contributed by atoms with E-state index in [1.807, 2.05) is 0 Å². The van der Waals surface area contributed by atoms with Gasteiger partial charge in [0.05, 0.1) is 5.54 Å². The van der Waals surface area contributed by atoms with Gasteiger partial charge in [0.1, 0.15) is 0 Å². The van der Waals surface area contributed by atoms with Gasteiger partial charge in [-0.1, -0.05) is 6.92 Å². The van der Waals surface area contributed by atoms with Gasteiger partial charge < -0.3 is 16.0 Å². The molecule has 0 bridgehead atoms. The molecule has 3 atom stereocenters. The molecule has 0 spiro atoms. The standard InChI is InChI=1S/C15H29N3O/c1-11(2)17-15(14(16)19)7-6-13(9-15)18-8-4-5-12(3)10-18/h11-13,17H,4-10H2,1-3H3,(H2,16,19). The zero-order valence-corrected chi connectivity index (χ0v) is 12.6. The summed E-state index contributed by atoms with van der Waals surface area (Å²) in [6, 6.07) is 0.827. The Morgan fingerprint density at radius 1 is 1.42 bits per heavy atom. The summed E-state index contributed by atoms with van der Waals surface area (Å²) >= 11 is 0. The molecule has 1 heterocycles. The predicted octanol–water partition coefficient (Wildman–Crippen LogP) is 1.49. The van der Waals surface area contributed by atoms with Crippen LogP contribution in [0.4, 0.5) is 0 Å². The Labute approximate surface area is 117 Å². The fraction of sp³-hybridized carbons (Fsp3) is 0.933. The Bertz CT molecular complexity index is 331. The van der Waals surface area contributed by atoms with Gasteiger partial charge in [0.25, 0.3) is 0 Å². The molecule has 110 valence electrons. The lowest BCUT2D eigenvalue weighted by molar-refractivity contribution is -0.124. The van der Waals surface area contributed by atoms with Crippen LogP contribution in [0.15, 0.2) is 0 Å². The van der Waals surface area contributed by atoms with E-state index >= 15 is 0 Å². The van der Waals surface area contributed by atoms with Crippen molar-refractivity contribution in [2.24, 2.45) is 11.7 Å². The van der Waals surface area contributed by atoms with E-state index in [-0.39, 0.29) is 5.91 Å². The van der Waals surface area contributed by atoms with E-state index in [2.05, 4.69) is 31.0 Å². The molecule has 2 aliphatic rings. The van der Waals surface area contributed by atoms with E-state index in [0.717, 1.165) is 25.2 Å². The van der Waals surface area contributed by atoms with Gasteiger partial charge >= 0.3 is 0 Å². The van der Waals surface area contributed by atoms with Gasteiger partial charge in [0.2, 0.25) is 5.91 Å². The van der Waals surface area contributed by atoms with Gasteiger partial charge in [0, 0.05) is 18.6 Å².